The lowest BCUT2D eigenvalue weighted by Crippen LogP contribution is -2.38. The van der Waals surface area contributed by atoms with Crippen molar-refractivity contribution in [1.29, 1.82) is 0 Å². The van der Waals surface area contributed by atoms with Gasteiger partial charge in [0.2, 0.25) is 11.8 Å². The van der Waals surface area contributed by atoms with Gasteiger partial charge in [0.05, 0.1) is 39.1 Å². The Balaban J connectivity index is 3.43. The Morgan fingerprint density at radius 2 is 1.65 bits per heavy atom. The average molecular weight is 332 g/mol. The summed E-state index contributed by atoms with van der Waals surface area (Å²) in [5, 5.41) is 5.06. The fraction of sp³-hybridized carbons (Fsp3) is 0.800. The van der Waals surface area contributed by atoms with Crippen LogP contribution >= 0.6 is 0 Å². The van der Waals surface area contributed by atoms with Crippen molar-refractivity contribution < 1.29 is 28.6 Å². The predicted molar refractivity (Wildman–Crippen MR) is 84.0 cm³/mol. The third kappa shape index (κ3) is 16.7. The summed E-state index contributed by atoms with van der Waals surface area (Å²) in [6.07, 6.45) is 0.352. The minimum absolute atomic E-state index is 0.0365. The lowest BCUT2D eigenvalue weighted by molar-refractivity contribution is -0.127. The molecule has 0 aromatic carbocycles. The molecule has 2 N–H and O–H groups in total. The maximum absolute atomic E-state index is 11.5. The molecule has 0 aromatic heterocycles. The molecule has 0 bridgehead atoms. The fourth-order valence-electron chi connectivity index (χ4n) is 1.42. The van der Waals surface area contributed by atoms with Gasteiger partial charge in [-0.1, -0.05) is 0 Å². The van der Waals surface area contributed by atoms with Gasteiger partial charge < -0.3 is 24.8 Å². The summed E-state index contributed by atoms with van der Waals surface area (Å²) in [5.74, 6) is -0.629. The standard InChI is InChI=1S/C15H28N2O6/c1-12(2)23-9-8-21-6-4-14(19)17-10-15(20)16-5-7-22-11-13(3)18/h12H,4-11H2,1-3H3,(H,16,20)(H,17,19). The second kappa shape index (κ2) is 14.1. The fourth-order valence-corrected chi connectivity index (χ4v) is 1.42. The molecule has 0 saturated carbocycles. The molecule has 0 saturated heterocycles. The van der Waals surface area contributed by atoms with Crippen molar-refractivity contribution in [2.24, 2.45) is 0 Å². The van der Waals surface area contributed by atoms with E-state index in [1.165, 1.54) is 6.92 Å². The molecule has 0 unspecified atom stereocenters. The molecule has 0 fully saturated rings. The Hall–Kier alpha value is -1.51. The highest BCUT2D eigenvalue weighted by molar-refractivity contribution is 5.84. The van der Waals surface area contributed by atoms with Crippen molar-refractivity contribution in [3.8, 4) is 0 Å². The van der Waals surface area contributed by atoms with Crippen LogP contribution in [0.1, 0.15) is 27.2 Å². The number of Topliss-reactive ketones (excluding diaryl/α,β-unsaturated/α-hetero) is 1. The van der Waals surface area contributed by atoms with Crippen molar-refractivity contribution in [2.45, 2.75) is 33.3 Å². The highest BCUT2D eigenvalue weighted by Crippen LogP contribution is 1.89. The smallest absolute Gasteiger partial charge is 0.239 e. The first-order valence-electron chi connectivity index (χ1n) is 7.71. The second-order valence-electron chi connectivity index (χ2n) is 5.16. The van der Waals surface area contributed by atoms with Gasteiger partial charge in [-0.2, -0.15) is 0 Å². The van der Waals surface area contributed by atoms with Crippen LogP contribution in [-0.4, -0.2) is 69.8 Å². The molecule has 8 heteroatoms. The summed E-state index contributed by atoms with van der Waals surface area (Å²) in [6.45, 7) is 7.01. The molecule has 0 spiro atoms. The van der Waals surface area contributed by atoms with Crippen molar-refractivity contribution in [2.75, 3.05) is 46.1 Å². The molecule has 8 nitrogen and oxygen atoms in total. The first-order valence-corrected chi connectivity index (χ1v) is 7.71. The van der Waals surface area contributed by atoms with E-state index in [1.54, 1.807) is 0 Å². The molecule has 134 valence electrons. The van der Waals surface area contributed by atoms with E-state index in [0.717, 1.165) is 0 Å². The summed E-state index contributed by atoms with van der Waals surface area (Å²) in [4.78, 5) is 33.5. The van der Waals surface area contributed by atoms with Gasteiger partial charge in [0.15, 0.2) is 5.78 Å². The summed E-state index contributed by atoms with van der Waals surface area (Å²) < 4.78 is 15.5. The van der Waals surface area contributed by atoms with Gasteiger partial charge in [-0.15, -0.1) is 0 Å². The number of carbonyl (C=O) groups excluding carboxylic acids is 3. The van der Waals surface area contributed by atoms with Gasteiger partial charge in [0, 0.05) is 13.0 Å². The zero-order valence-corrected chi connectivity index (χ0v) is 14.2. The molecule has 0 aliphatic heterocycles. The molecule has 0 aromatic rings. The maximum atomic E-state index is 11.5. The summed E-state index contributed by atoms with van der Waals surface area (Å²) in [7, 11) is 0. The monoisotopic (exact) mass is 332 g/mol. The molecular formula is C15H28N2O6. The van der Waals surface area contributed by atoms with Gasteiger partial charge in [-0.25, -0.2) is 0 Å². The lowest BCUT2D eigenvalue weighted by atomic mass is 10.4. The number of hydrogen-bond acceptors (Lipinski definition) is 6. The molecule has 0 heterocycles. The van der Waals surface area contributed by atoms with E-state index < -0.39 is 0 Å². The molecule has 0 aliphatic carbocycles. The highest BCUT2D eigenvalue weighted by Gasteiger charge is 2.05. The minimum atomic E-state index is -0.309. The SMILES string of the molecule is CC(=O)COCCNC(=O)CNC(=O)CCOCCOC(C)C. The van der Waals surface area contributed by atoms with Crippen LogP contribution in [0.5, 0.6) is 0 Å². The first kappa shape index (κ1) is 21.5. The van der Waals surface area contributed by atoms with Gasteiger partial charge in [0.25, 0.3) is 0 Å². The van der Waals surface area contributed by atoms with Crippen LogP contribution in [0.2, 0.25) is 0 Å². The number of nitrogens with one attached hydrogen (secondary N) is 2. The van der Waals surface area contributed by atoms with Crippen LogP contribution in [0.15, 0.2) is 0 Å². The van der Waals surface area contributed by atoms with Crippen LogP contribution in [0.25, 0.3) is 0 Å². The van der Waals surface area contributed by atoms with Gasteiger partial charge in [0.1, 0.15) is 6.61 Å². The van der Waals surface area contributed by atoms with Crippen molar-refractivity contribution in [3.05, 3.63) is 0 Å². The quantitative estimate of drug-likeness (QED) is 0.422. The third-order valence-corrected chi connectivity index (χ3v) is 2.47. The van der Waals surface area contributed by atoms with Crippen molar-refractivity contribution in [1.82, 2.24) is 10.6 Å². The number of carbonyl (C=O) groups is 3. The van der Waals surface area contributed by atoms with Crippen LogP contribution in [0.3, 0.4) is 0 Å². The summed E-state index contributed by atoms with van der Waals surface area (Å²) >= 11 is 0. The molecule has 0 radical (unpaired) electrons. The molecular weight excluding hydrogens is 304 g/mol. The van der Waals surface area contributed by atoms with E-state index in [4.69, 9.17) is 14.2 Å². The Morgan fingerprint density at radius 3 is 2.30 bits per heavy atom. The lowest BCUT2D eigenvalue weighted by Gasteiger charge is -2.09. The number of ketones is 1. The molecule has 0 aliphatic rings. The normalized spacial score (nSPS) is 10.6. The Labute approximate surface area is 137 Å². The molecule has 0 atom stereocenters. The Bertz CT molecular complexity index is 360. The number of ether oxygens (including phenoxy) is 3. The summed E-state index contributed by atoms with van der Waals surface area (Å²) in [5.41, 5.74) is 0. The third-order valence-electron chi connectivity index (χ3n) is 2.47. The zero-order chi connectivity index (χ0) is 17.5. The largest absolute Gasteiger partial charge is 0.379 e. The average Bonchev–Trinajstić information content (AvgIpc) is 2.47. The van der Waals surface area contributed by atoms with Crippen LogP contribution in [0, 0.1) is 0 Å². The van der Waals surface area contributed by atoms with E-state index in [0.29, 0.717) is 19.8 Å². The van der Waals surface area contributed by atoms with E-state index in [2.05, 4.69) is 10.6 Å². The summed E-state index contributed by atoms with van der Waals surface area (Å²) in [6, 6.07) is 0. The molecule has 0 rings (SSSR count). The van der Waals surface area contributed by atoms with Crippen LogP contribution in [0.4, 0.5) is 0 Å². The van der Waals surface area contributed by atoms with Crippen LogP contribution < -0.4 is 10.6 Å². The Morgan fingerprint density at radius 1 is 0.913 bits per heavy atom. The van der Waals surface area contributed by atoms with E-state index in [1.807, 2.05) is 13.8 Å². The van der Waals surface area contributed by atoms with Gasteiger partial charge in [-0.05, 0) is 20.8 Å². The number of hydrogen-bond donors (Lipinski definition) is 2. The van der Waals surface area contributed by atoms with Crippen molar-refractivity contribution >= 4 is 17.6 Å². The minimum Gasteiger partial charge on any atom is -0.379 e. The van der Waals surface area contributed by atoms with Crippen molar-refractivity contribution in [3.63, 3.8) is 0 Å². The predicted octanol–water partition coefficient (Wildman–Crippen LogP) is -0.344. The van der Waals surface area contributed by atoms with E-state index in [9.17, 15) is 14.4 Å². The van der Waals surface area contributed by atoms with Gasteiger partial charge in [-0.3, -0.25) is 14.4 Å². The van der Waals surface area contributed by atoms with Crippen LogP contribution in [-0.2, 0) is 28.6 Å². The Kier molecular flexibility index (Phi) is 13.2. The maximum Gasteiger partial charge on any atom is 0.239 e. The number of amides is 2. The van der Waals surface area contributed by atoms with Gasteiger partial charge >= 0.3 is 0 Å². The molecule has 23 heavy (non-hydrogen) atoms. The van der Waals surface area contributed by atoms with E-state index in [-0.39, 0.29) is 56.5 Å². The topological polar surface area (TPSA) is 103 Å². The highest BCUT2D eigenvalue weighted by atomic mass is 16.5. The molecule has 2 amide bonds. The van der Waals surface area contributed by atoms with E-state index >= 15 is 0 Å². The number of rotatable bonds is 14. The first-order chi connectivity index (χ1) is 10.9. The zero-order valence-electron chi connectivity index (χ0n) is 14.2. The second-order valence-corrected chi connectivity index (χ2v) is 5.16.